The predicted octanol–water partition coefficient (Wildman–Crippen LogP) is 2.06. The Morgan fingerprint density at radius 1 is 1.30 bits per heavy atom. The Kier molecular flexibility index (Phi) is 2.05. The van der Waals surface area contributed by atoms with Crippen molar-refractivity contribution in [1.29, 1.82) is 5.41 Å². The second-order valence-electron chi connectivity index (χ2n) is 1.97. The van der Waals surface area contributed by atoms with Crippen molar-refractivity contribution >= 4 is 5.90 Å². The van der Waals surface area contributed by atoms with Gasteiger partial charge in [-0.1, -0.05) is 18.2 Å². The highest BCUT2D eigenvalue weighted by Gasteiger charge is 1.89. The second-order valence-corrected chi connectivity index (χ2v) is 1.97. The van der Waals surface area contributed by atoms with Crippen molar-refractivity contribution in [2.45, 2.75) is 6.92 Å². The Hall–Kier alpha value is -1.31. The van der Waals surface area contributed by atoms with E-state index in [0.29, 0.717) is 0 Å². The molecule has 0 aromatic heterocycles. The maximum Gasteiger partial charge on any atom is 0.184 e. The van der Waals surface area contributed by atoms with E-state index in [4.69, 9.17) is 10.1 Å². The molecule has 1 aromatic carbocycles. The van der Waals surface area contributed by atoms with E-state index >= 15 is 0 Å². The highest BCUT2D eigenvalue weighted by Crippen LogP contribution is 2.07. The van der Waals surface area contributed by atoms with Gasteiger partial charge in [0.1, 0.15) is 5.75 Å². The molecule has 0 heterocycles. The third-order valence-corrected chi connectivity index (χ3v) is 1.01. The molecular formula is C8H9NO. The number of nitrogens with one attached hydrogen (secondary N) is 1. The largest absolute Gasteiger partial charge is 0.444 e. The monoisotopic (exact) mass is 135 g/mol. The van der Waals surface area contributed by atoms with Crippen molar-refractivity contribution in [3.63, 3.8) is 0 Å². The first kappa shape index (κ1) is 6.81. The van der Waals surface area contributed by atoms with Crippen LogP contribution in [0.4, 0.5) is 0 Å². The third-order valence-electron chi connectivity index (χ3n) is 1.01. The molecule has 0 radical (unpaired) electrons. The van der Waals surface area contributed by atoms with Gasteiger partial charge in [0.25, 0.3) is 0 Å². The first-order valence-electron chi connectivity index (χ1n) is 3.07. The maximum absolute atomic E-state index is 7.01. The molecule has 0 aliphatic carbocycles. The first-order valence-corrected chi connectivity index (χ1v) is 3.07. The molecule has 0 saturated heterocycles. The van der Waals surface area contributed by atoms with Crippen molar-refractivity contribution in [3.05, 3.63) is 30.3 Å². The summed E-state index contributed by atoms with van der Waals surface area (Å²) in [5.41, 5.74) is 0. The number of hydrogen-bond donors (Lipinski definition) is 1. The fraction of sp³-hybridized carbons (Fsp3) is 0.125. The first-order chi connectivity index (χ1) is 4.79. The van der Waals surface area contributed by atoms with Crippen LogP contribution in [0.1, 0.15) is 6.92 Å². The molecule has 0 amide bonds. The second kappa shape index (κ2) is 3.01. The van der Waals surface area contributed by atoms with Crippen LogP contribution in [-0.2, 0) is 0 Å². The Morgan fingerprint density at radius 2 is 1.90 bits per heavy atom. The van der Waals surface area contributed by atoms with Gasteiger partial charge in [-0.25, -0.2) is 0 Å². The van der Waals surface area contributed by atoms with Crippen molar-refractivity contribution in [1.82, 2.24) is 0 Å². The van der Waals surface area contributed by atoms with Crippen molar-refractivity contribution in [3.8, 4) is 5.75 Å². The van der Waals surface area contributed by atoms with Gasteiger partial charge in [-0.15, -0.1) is 0 Å². The third kappa shape index (κ3) is 1.90. The molecule has 0 unspecified atom stereocenters. The lowest BCUT2D eigenvalue weighted by molar-refractivity contribution is 0.542. The number of para-hydroxylation sites is 1. The zero-order valence-corrected chi connectivity index (χ0v) is 5.79. The van der Waals surface area contributed by atoms with Gasteiger partial charge >= 0.3 is 0 Å². The molecule has 1 rings (SSSR count). The summed E-state index contributed by atoms with van der Waals surface area (Å²) < 4.78 is 5.00. The molecule has 0 fully saturated rings. The van der Waals surface area contributed by atoms with Crippen LogP contribution in [0.2, 0.25) is 0 Å². The van der Waals surface area contributed by atoms with Crippen molar-refractivity contribution in [2.24, 2.45) is 0 Å². The van der Waals surface area contributed by atoms with Gasteiger partial charge in [-0.3, -0.25) is 5.41 Å². The fourth-order valence-electron chi connectivity index (χ4n) is 0.665. The van der Waals surface area contributed by atoms with E-state index in [1.165, 1.54) is 0 Å². The lowest BCUT2D eigenvalue weighted by atomic mass is 10.3. The summed E-state index contributed by atoms with van der Waals surface area (Å²) in [5, 5.41) is 7.01. The molecule has 0 saturated carbocycles. The minimum Gasteiger partial charge on any atom is -0.444 e. The quantitative estimate of drug-likeness (QED) is 0.464. The van der Waals surface area contributed by atoms with Gasteiger partial charge in [0, 0.05) is 6.92 Å². The Balaban J connectivity index is 2.67. The van der Waals surface area contributed by atoms with Gasteiger partial charge < -0.3 is 4.74 Å². The lowest BCUT2D eigenvalue weighted by Crippen LogP contribution is -1.99. The maximum atomic E-state index is 7.01. The standard InChI is InChI=1S/C8H9NO/c1-7(9)10-8-5-3-2-4-6-8/h2-6,9H,1H3. The number of benzene rings is 1. The van der Waals surface area contributed by atoms with E-state index in [0.717, 1.165) is 5.75 Å². The van der Waals surface area contributed by atoms with Crippen LogP contribution in [0.15, 0.2) is 30.3 Å². The lowest BCUT2D eigenvalue weighted by Gasteiger charge is -1.99. The Labute approximate surface area is 60.0 Å². The van der Waals surface area contributed by atoms with E-state index in [1.54, 1.807) is 6.92 Å². The molecular weight excluding hydrogens is 126 g/mol. The van der Waals surface area contributed by atoms with Crippen LogP contribution < -0.4 is 4.74 Å². The fourth-order valence-corrected chi connectivity index (χ4v) is 0.665. The number of ether oxygens (including phenoxy) is 1. The SMILES string of the molecule is CC(=N)Oc1ccccc1. The van der Waals surface area contributed by atoms with Gasteiger partial charge in [0.15, 0.2) is 5.90 Å². The normalized spacial score (nSPS) is 8.90. The predicted molar refractivity (Wildman–Crippen MR) is 40.5 cm³/mol. The van der Waals surface area contributed by atoms with Gasteiger partial charge in [-0.2, -0.15) is 0 Å². The minimum absolute atomic E-state index is 0.214. The molecule has 0 aliphatic rings. The summed E-state index contributed by atoms with van der Waals surface area (Å²) in [5.74, 6) is 0.932. The van der Waals surface area contributed by atoms with E-state index < -0.39 is 0 Å². The van der Waals surface area contributed by atoms with Gasteiger partial charge in [0.2, 0.25) is 0 Å². The van der Waals surface area contributed by atoms with Crippen molar-refractivity contribution < 1.29 is 4.74 Å². The summed E-state index contributed by atoms with van der Waals surface area (Å²) >= 11 is 0. The summed E-state index contributed by atoms with van der Waals surface area (Å²) in [4.78, 5) is 0. The Bertz CT molecular complexity index is 218. The zero-order valence-electron chi connectivity index (χ0n) is 5.79. The van der Waals surface area contributed by atoms with E-state index in [1.807, 2.05) is 30.3 Å². The number of hydrogen-bond acceptors (Lipinski definition) is 2. The molecule has 2 heteroatoms. The van der Waals surface area contributed by atoms with Crippen LogP contribution in [-0.4, -0.2) is 5.90 Å². The molecule has 10 heavy (non-hydrogen) atoms. The summed E-state index contributed by atoms with van der Waals surface area (Å²) in [7, 11) is 0. The van der Waals surface area contributed by atoms with Crippen LogP contribution in [0.5, 0.6) is 5.75 Å². The molecule has 0 atom stereocenters. The molecule has 0 aliphatic heterocycles. The van der Waals surface area contributed by atoms with E-state index in [9.17, 15) is 0 Å². The average Bonchev–Trinajstić information content (AvgIpc) is 1.88. The summed E-state index contributed by atoms with van der Waals surface area (Å²) in [6, 6.07) is 9.29. The van der Waals surface area contributed by atoms with Crippen molar-refractivity contribution in [2.75, 3.05) is 0 Å². The molecule has 1 aromatic rings. The molecule has 52 valence electrons. The molecule has 0 spiro atoms. The summed E-state index contributed by atoms with van der Waals surface area (Å²) in [6.45, 7) is 1.60. The number of rotatable bonds is 1. The smallest absolute Gasteiger partial charge is 0.184 e. The van der Waals surface area contributed by atoms with Crippen LogP contribution in [0.3, 0.4) is 0 Å². The highest BCUT2D eigenvalue weighted by molar-refractivity contribution is 5.72. The zero-order chi connectivity index (χ0) is 7.40. The molecule has 2 nitrogen and oxygen atoms in total. The van der Waals surface area contributed by atoms with Crippen LogP contribution >= 0.6 is 0 Å². The van der Waals surface area contributed by atoms with Crippen LogP contribution in [0, 0.1) is 5.41 Å². The van der Waals surface area contributed by atoms with E-state index in [2.05, 4.69) is 0 Å². The average molecular weight is 135 g/mol. The topological polar surface area (TPSA) is 33.1 Å². The summed E-state index contributed by atoms with van der Waals surface area (Å²) in [6.07, 6.45) is 0. The molecule has 0 bridgehead atoms. The van der Waals surface area contributed by atoms with Gasteiger partial charge in [-0.05, 0) is 12.1 Å². The van der Waals surface area contributed by atoms with Gasteiger partial charge in [0.05, 0.1) is 0 Å². The highest BCUT2D eigenvalue weighted by atomic mass is 16.5. The molecule has 1 N–H and O–H groups in total. The van der Waals surface area contributed by atoms with E-state index in [-0.39, 0.29) is 5.90 Å². The Morgan fingerprint density at radius 3 is 2.40 bits per heavy atom. The minimum atomic E-state index is 0.214. The van der Waals surface area contributed by atoms with Crippen LogP contribution in [0.25, 0.3) is 0 Å².